The number of ketones is 1. The van der Waals surface area contributed by atoms with E-state index in [1.165, 1.54) is 0 Å². The molecular formula is C10H19NO3. The third-order valence-corrected chi connectivity index (χ3v) is 2.33. The van der Waals surface area contributed by atoms with Gasteiger partial charge < -0.3 is 10.4 Å². The molecule has 0 spiro atoms. The molecule has 0 rings (SSSR count). The second kappa shape index (κ2) is 7.50. The van der Waals surface area contributed by atoms with Crippen LogP contribution < -0.4 is 5.32 Å². The van der Waals surface area contributed by atoms with E-state index in [9.17, 15) is 9.59 Å². The van der Waals surface area contributed by atoms with Gasteiger partial charge in [-0.05, 0) is 32.4 Å². The van der Waals surface area contributed by atoms with Gasteiger partial charge in [-0.1, -0.05) is 13.3 Å². The number of rotatable bonds is 8. The number of hydrogen-bond donors (Lipinski definition) is 2. The van der Waals surface area contributed by atoms with E-state index in [0.717, 1.165) is 25.8 Å². The standard InChI is InChI=1S/C10H19NO3/c1-3-8(5-4-6-11-2)7-9(12)10(13)14/h8,11H,3-7H2,1-2H3,(H,13,14). The highest BCUT2D eigenvalue weighted by molar-refractivity contribution is 6.32. The minimum Gasteiger partial charge on any atom is -0.476 e. The molecule has 82 valence electrons. The first-order chi connectivity index (χ1) is 6.61. The monoisotopic (exact) mass is 201 g/mol. The van der Waals surface area contributed by atoms with Gasteiger partial charge in [-0.3, -0.25) is 4.79 Å². The Morgan fingerprint density at radius 2 is 2.07 bits per heavy atom. The van der Waals surface area contributed by atoms with Gasteiger partial charge in [-0.15, -0.1) is 0 Å². The number of carbonyl (C=O) groups is 2. The van der Waals surface area contributed by atoms with Crippen molar-refractivity contribution in [3.63, 3.8) is 0 Å². The van der Waals surface area contributed by atoms with E-state index in [4.69, 9.17) is 5.11 Å². The first kappa shape index (κ1) is 13.1. The van der Waals surface area contributed by atoms with E-state index >= 15 is 0 Å². The largest absolute Gasteiger partial charge is 0.476 e. The molecule has 14 heavy (non-hydrogen) atoms. The van der Waals surface area contributed by atoms with Crippen LogP contribution in [0.3, 0.4) is 0 Å². The van der Waals surface area contributed by atoms with E-state index < -0.39 is 11.8 Å². The van der Waals surface area contributed by atoms with Crippen molar-refractivity contribution in [2.24, 2.45) is 5.92 Å². The zero-order valence-corrected chi connectivity index (χ0v) is 8.88. The minimum atomic E-state index is -1.31. The Labute approximate surface area is 84.7 Å². The zero-order valence-electron chi connectivity index (χ0n) is 8.88. The molecule has 0 aliphatic rings. The summed E-state index contributed by atoms with van der Waals surface area (Å²) in [7, 11) is 1.88. The van der Waals surface area contributed by atoms with Gasteiger partial charge in [0.2, 0.25) is 5.78 Å². The highest BCUT2D eigenvalue weighted by atomic mass is 16.4. The SMILES string of the molecule is CCC(CCCNC)CC(=O)C(=O)O. The molecule has 0 amide bonds. The zero-order chi connectivity index (χ0) is 11.0. The number of carboxylic acids is 1. The van der Waals surface area contributed by atoms with Gasteiger partial charge in [0.15, 0.2) is 0 Å². The highest BCUT2D eigenvalue weighted by Gasteiger charge is 2.17. The van der Waals surface area contributed by atoms with Crippen LogP contribution in [-0.2, 0) is 9.59 Å². The van der Waals surface area contributed by atoms with Crippen LogP contribution >= 0.6 is 0 Å². The summed E-state index contributed by atoms with van der Waals surface area (Å²) in [5.41, 5.74) is 0. The van der Waals surface area contributed by atoms with Crippen molar-refractivity contribution in [3.05, 3.63) is 0 Å². The van der Waals surface area contributed by atoms with Crippen molar-refractivity contribution >= 4 is 11.8 Å². The summed E-state index contributed by atoms with van der Waals surface area (Å²) in [5.74, 6) is -1.76. The van der Waals surface area contributed by atoms with Crippen molar-refractivity contribution < 1.29 is 14.7 Å². The second-order valence-electron chi connectivity index (χ2n) is 3.45. The molecule has 1 unspecified atom stereocenters. The summed E-state index contributed by atoms with van der Waals surface area (Å²) < 4.78 is 0. The molecule has 4 heteroatoms. The predicted octanol–water partition coefficient (Wildman–Crippen LogP) is 1.06. The predicted molar refractivity (Wildman–Crippen MR) is 54.2 cm³/mol. The number of carboxylic acid groups (broad SMARTS) is 1. The maximum atomic E-state index is 10.9. The summed E-state index contributed by atoms with van der Waals surface area (Å²) in [5, 5.41) is 11.5. The van der Waals surface area contributed by atoms with Crippen molar-refractivity contribution in [3.8, 4) is 0 Å². The smallest absolute Gasteiger partial charge is 0.372 e. The Kier molecular flexibility index (Phi) is 7.02. The van der Waals surface area contributed by atoms with E-state index in [2.05, 4.69) is 5.32 Å². The molecule has 0 aliphatic heterocycles. The molecule has 0 aromatic rings. The fraction of sp³-hybridized carbons (Fsp3) is 0.800. The summed E-state index contributed by atoms with van der Waals surface area (Å²) in [4.78, 5) is 21.2. The average molecular weight is 201 g/mol. The number of carbonyl (C=O) groups excluding carboxylic acids is 1. The maximum Gasteiger partial charge on any atom is 0.372 e. The lowest BCUT2D eigenvalue weighted by atomic mass is 9.94. The molecule has 0 heterocycles. The normalized spacial score (nSPS) is 12.4. The topological polar surface area (TPSA) is 66.4 Å². The van der Waals surface area contributed by atoms with Gasteiger partial charge in [0.1, 0.15) is 0 Å². The summed E-state index contributed by atoms with van der Waals surface area (Å²) in [6, 6.07) is 0. The fourth-order valence-corrected chi connectivity index (χ4v) is 1.37. The Balaban J connectivity index is 3.78. The molecule has 0 radical (unpaired) electrons. The van der Waals surface area contributed by atoms with Gasteiger partial charge in [0.05, 0.1) is 0 Å². The lowest BCUT2D eigenvalue weighted by Crippen LogP contribution is -2.18. The van der Waals surface area contributed by atoms with E-state index in [0.29, 0.717) is 0 Å². The van der Waals surface area contributed by atoms with Crippen LogP contribution in [0.2, 0.25) is 0 Å². The van der Waals surface area contributed by atoms with Crippen molar-refractivity contribution in [1.29, 1.82) is 0 Å². The van der Waals surface area contributed by atoms with Gasteiger partial charge in [-0.25, -0.2) is 4.79 Å². The summed E-state index contributed by atoms with van der Waals surface area (Å²) in [6.45, 7) is 2.90. The van der Waals surface area contributed by atoms with E-state index in [-0.39, 0.29) is 12.3 Å². The van der Waals surface area contributed by atoms with Crippen LogP contribution in [0.1, 0.15) is 32.6 Å². The molecule has 4 nitrogen and oxygen atoms in total. The fourth-order valence-electron chi connectivity index (χ4n) is 1.37. The maximum absolute atomic E-state index is 10.9. The van der Waals surface area contributed by atoms with Crippen LogP contribution in [0.25, 0.3) is 0 Å². The molecule has 2 N–H and O–H groups in total. The molecule has 0 aliphatic carbocycles. The summed E-state index contributed by atoms with van der Waals surface area (Å²) in [6.07, 6.45) is 2.94. The quantitative estimate of drug-likeness (QED) is 0.455. The second-order valence-corrected chi connectivity index (χ2v) is 3.45. The molecule has 0 aromatic carbocycles. The molecule has 0 saturated carbocycles. The van der Waals surface area contributed by atoms with Gasteiger partial charge >= 0.3 is 5.97 Å². The van der Waals surface area contributed by atoms with Crippen molar-refractivity contribution in [1.82, 2.24) is 5.32 Å². The van der Waals surface area contributed by atoms with E-state index in [1.807, 2.05) is 14.0 Å². The summed E-state index contributed by atoms with van der Waals surface area (Å²) >= 11 is 0. The lowest BCUT2D eigenvalue weighted by molar-refractivity contribution is -0.149. The first-order valence-electron chi connectivity index (χ1n) is 5.02. The van der Waals surface area contributed by atoms with Gasteiger partial charge in [0.25, 0.3) is 0 Å². The van der Waals surface area contributed by atoms with Crippen LogP contribution in [0.5, 0.6) is 0 Å². The van der Waals surface area contributed by atoms with Crippen molar-refractivity contribution in [2.75, 3.05) is 13.6 Å². The van der Waals surface area contributed by atoms with Gasteiger partial charge in [0, 0.05) is 6.42 Å². The first-order valence-corrected chi connectivity index (χ1v) is 5.02. The molecule has 0 fully saturated rings. The Morgan fingerprint density at radius 3 is 2.50 bits per heavy atom. The average Bonchev–Trinajstić information content (AvgIpc) is 2.16. The number of Topliss-reactive ketones (excluding diaryl/α,β-unsaturated/α-hetero) is 1. The lowest BCUT2D eigenvalue weighted by Gasteiger charge is -2.11. The molecular weight excluding hydrogens is 182 g/mol. The van der Waals surface area contributed by atoms with Crippen LogP contribution in [0.15, 0.2) is 0 Å². The van der Waals surface area contributed by atoms with Crippen molar-refractivity contribution in [2.45, 2.75) is 32.6 Å². The minimum absolute atomic E-state index is 0.176. The van der Waals surface area contributed by atoms with Crippen LogP contribution in [-0.4, -0.2) is 30.5 Å². The van der Waals surface area contributed by atoms with Crippen LogP contribution in [0.4, 0.5) is 0 Å². The third kappa shape index (κ3) is 5.70. The van der Waals surface area contributed by atoms with E-state index in [1.54, 1.807) is 0 Å². The third-order valence-electron chi connectivity index (χ3n) is 2.33. The Morgan fingerprint density at radius 1 is 1.43 bits per heavy atom. The Hall–Kier alpha value is -0.900. The molecule has 1 atom stereocenters. The molecule has 0 aromatic heterocycles. The molecule has 0 bridgehead atoms. The number of aliphatic carboxylic acids is 1. The van der Waals surface area contributed by atoms with Gasteiger partial charge in [-0.2, -0.15) is 0 Å². The number of nitrogens with one attached hydrogen (secondary N) is 1. The van der Waals surface area contributed by atoms with Crippen LogP contribution in [0, 0.1) is 5.92 Å². The Bertz CT molecular complexity index is 192. The number of hydrogen-bond acceptors (Lipinski definition) is 3. The molecule has 0 saturated heterocycles. The highest BCUT2D eigenvalue weighted by Crippen LogP contribution is 2.15.